The summed E-state index contributed by atoms with van der Waals surface area (Å²) in [7, 11) is -17.1. The summed E-state index contributed by atoms with van der Waals surface area (Å²) in [6, 6.07) is 3.07. The third-order valence-corrected chi connectivity index (χ3v) is 31.8. The monoisotopic (exact) mass is 644 g/mol. The summed E-state index contributed by atoms with van der Waals surface area (Å²) < 4.78 is 50.2. The van der Waals surface area contributed by atoms with Gasteiger partial charge in [0.15, 0.2) is 27.1 Å². The molecule has 222 valence electrons. The molecule has 1 saturated heterocycles. The maximum atomic E-state index is 7.39. The molecule has 1 fully saturated rings. The van der Waals surface area contributed by atoms with Crippen LogP contribution >= 0.6 is 0 Å². The Kier molecular flexibility index (Phi) is 14.6. The fraction of sp³-hybridized carbons (Fsp3) is 1.00. The Morgan fingerprint density at radius 3 is 0.919 bits per heavy atom. The molecular formula is C23H60O7Si7. The van der Waals surface area contributed by atoms with E-state index < -0.39 is 62.1 Å². The normalized spacial score (nSPS) is 31.9. The Hall–Kier alpha value is 1.24. The zero-order valence-corrected chi connectivity index (χ0v) is 34.2. The molecule has 1 aliphatic rings. The first-order chi connectivity index (χ1) is 16.7. The van der Waals surface area contributed by atoms with E-state index >= 15 is 0 Å². The Balaban J connectivity index is 3.97. The number of rotatable bonds is 14. The molecular weight excluding hydrogens is 585 g/mol. The van der Waals surface area contributed by atoms with Crippen LogP contribution in [0.1, 0.15) is 55.4 Å². The van der Waals surface area contributed by atoms with E-state index in [-0.39, 0.29) is 0 Å². The van der Waals surface area contributed by atoms with Crippen LogP contribution in [0, 0.1) is 23.7 Å². The average Bonchev–Trinajstić information content (AvgIpc) is 2.53. The highest BCUT2D eigenvalue weighted by atomic mass is 28.6. The first-order valence-corrected chi connectivity index (χ1v) is 31.2. The van der Waals surface area contributed by atoms with Gasteiger partial charge < -0.3 is 28.8 Å². The minimum atomic E-state index is -3.28. The molecule has 0 aromatic heterocycles. The van der Waals surface area contributed by atoms with Crippen molar-refractivity contribution in [1.82, 2.24) is 0 Å². The quantitative estimate of drug-likeness (QED) is 0.198. The highest BCUT2D eigenvalue weighted by molar-refractivity contribution is 6.93. The Bertz CT molecular complexity index is 610. The van der Waals surface area contributed by atoms with E-state index in [9.17, 15) is 0 Å². The third kappa shape index (κ3) is 12.7. The number of hydrogen-bond acceptors (Lipinski definition) is 7. The van der Waals surface area contributed by atoms with Gasteiger partial charge >= 0.3 is 35.0 Å². The van der Waals surface area contributed by atoms with Crippen molar-refractivity contribution in [2.24, 2.45) is 23.7 Å². The average molecular weight is 645 g/mol. The topological polar surface area (TPSA) is 64.6 Å². The zero-order valence-electron chi connectivity index (χ0n) is 26.7. The Morgan fingerprint density at radius 1 is 0.459 bits per heavy atom. The van der Waals surface area contributed by atoms with Crippen LogP contribution in [-0.2, 0) is 28.8 Å². The molecule has 37 heavy (non-hydrogen) atoms. The molecule has 1 rings (SSSR count). The molecule has 2 atom stereocenters. The van der Waals surface area contributed by atoms with Crippen LogP contribution in [0.4, 0.5) is 0 Å². The van der Waals surface area contributed by atoms with Gasteiger partial charge in [-0.15, -0.1) is 0 Å². The van der Waals surface area contributed by atoms with Crippen LogP contribution in [0.15, 0.2) is 0 Å². The van der Waals surface area contributed by atoms with Crippen molar-refractivity contribution < 1.29 is 28.8 Å². The van der Waals surface area contributed by atoms with Gasteiger partial charge in [0, 0.05) is 18.1 Å². The predicted octanol–water partition coefficient (Wildman–Crippen LogP) is 6.58. The van der Waals surface area contributed by atoms with Gasteiger partial charge in [-0.05, 0) is 75.5 Å². The lowest BCUT2D eigenvalue weighted by atomic mass is 10.3. The molecule has 1 heterocycles. The predicted molar refractivity (Wildman–Crippen MR) is 172 cm³/mol. The highest BCUT2D eigenvalue weighted by Gasteiger charge is 2.66. The van der Waals surface area contributed by atoms with Crippen molar-refractivity contribution in [3.05, 3.63) is 0 Å². The van der Waals surface area contributed by atoms with Gasteiger partial charge in [-0.3, -0.25) is 0 Å². The van der Waals surface area contributed by atoms with Gasteiger partial charge in [-0.1, -0.05) is 55.4 Å². The minimum absolute atomic E-state index is 0.335. The van der Waals surface area contributed by atoms with Crippen LogP contribution in [0.25, 0.3) is 0 Å². The van der Waals surface area contributed by atoms with Gasteiger partial charge in [0.1, 0.15) is 0 Å². The van der Waals surface area contributed by atoms with E-state index in [0.717, 1.165) is 24.2 Å². The van der Waals surface area contributed by atoms with Gasteiger partial charge in [0.2, 0.25) is 0 Å². The smallest absolute Gasteiger partial charge is 0.420 e. The van der Waals surface area contributed by atoms with Crippen molar-refractivity contribution >= 4 is 62.1 Å². The van der Waals surface area contributed by atoms with Crippen molar-refractivity contribution in [3.63, 3.8) is 0 Å². The van der Waals surface area contributed by atoms with Crippen molar-refractivity contribution in [3.8, 4) is 0 Å². The van der Waals surface area contributed by atoms with Crippen LogP contribution in [0.2, 0.25) is 70.0 Å². The second-order valence-corrected chi connectivity index (χ2v) is 33.9. The zero-order chi connectivity index (χ0) is 28.8. The molecule has 0 saturated carbocycles. The standard InChI is InChI=1S/C23H60O7Si7/c1-20(2)16-34(15)27-35(17-21(3)4,24-31(9)10)29-37(19-23(7)8,26-33(13)14)30-36(28-34,18-22(5)6)25-32(11)12/h20-23,31-33H,16-19H2,1-15H3. The third-order valence-electron chi connectivity index (χ3n) is 5.36. The maximum Gasteiger partial charge on any atom is 0.475 e. The SMILES string of the molecule is CC(C)C[Si]1(C)O[Si](CC(C)C)(O[SiH](C)C)O[Si](CC(C)C)(O[SiH](C)C)O[Si](CC(C)C)(O[SiH](C)C)O1. The van der Waals surface area contributed by atoms with E-state index in [0.29, 0.717) is 23.7 Å². The van der Waals surface area contributed by atoms with E-state index in [1.165, 1.54) is 0 Å². The summed E-state index contributed by atoms with van der Waals surface area (Å²) in [6.45, 7) is 33.3. The molecule has 0 aliphatic carbocycles. The van der Waals surface area contributed by atoms with Crippen molar-refractivity contribution in [1.29, 1.82) is 0 Å². The molecule has 1 aliphatic heterocycles. The first kappa shape index (κ1) is 36.3. The molecule has 0 amide bonds. The van der Waals surface area contributed by atoms with Gasteiger partial charge in [-0.2, -0.15) is 0 Å². The van der Waals surface area contributed by atoms with Crippen LogP contribution < -0.4 is 0 Å². The van der Waals surface area contributed by atoms with Gasteiger partial charge in [-0.25, -0.2) is 0 Å². The lowest BCUT2D eigenvalue weighted by Gasteiger charge is -2.52. The second-order valence-electron chi connectivity index (χ2n) is 13.5. The minimum Gasteiger partial charge on any atom is -0.420 e. The Labute approximate surface area is 239 Å². The molecule has 0 aromatic carbocycles. The second kappa shape index (κ2) is 14.9. The van der Waals surface area contributed by atoms with Crippen LogP contribution in [-0.4, -0.2) is 62.1 Å². The first-order valence-electron chi connectivity index (χ1n) is 14.6. The van der Waals surface area contributed by atoms with E-state index in [1.807, 2.05) is 0 Å². The summed E-state index contributed by atoms with van der Waals surface area (Å²) in [5.74, 6) is 1.46. The molecule has 0 spiro atoms. The fourth-order valence-corrected chi connectivity index (χ4v) is 37.1. The molecule has 0 radical (unpaired) electrons. The van der Waals surface area contributed by atoms with Crippen molar-refractivity contribution in [2.45, 2.75) is 125 Å². The molecule has 7 nitrogen and oxygen atoms in total. The summed E-state index contributed by atoms with van der Waals surface area (Å²) >= 11 is 0. The lowest BCUT2D eigenvalue weighted by molar-refractivity contribution is 0.0994. The van der Waals surface area contributed by atoms with Gasteiger partial charge in [0.05, 0.1) is 0 Å². The summed E-state index contributed by atoms with van der Waals surface area (Å²) in [6.07, 6.45) is 0. The molecule has 14 heteroatoms. The van der Waals surface area contributed by atoms with Crippen molar-refractivity contribution in [2.75, 3.05) is 0 Å². The molecule has 0 bridgehead atoms. The summed E-state index contributed by atoms with van der Waals surface area (Å²) in [5.41, 5.74) is 0. The van der Waals surface area contributed by atoms with Crippen LogP contribution in [0.5, 0.6) is 0 Å². The summed E-state index contributed by atoms with van der Waals surface area (Å²) in [4.78, 5) is 0. The van der Waals surface area contributed by atoms with E-state index in [2.05, 4.69) is 101 Å². The van der Waals surface area contributed by atoms with Crippen LogP contribution in [0.3, 0.4) is 0 Å². The summed E-state index contributed by atoms with van der Waals surface area (Å²) in [5, 5.41) is 0. The maximum absolute atomic E-state index is 7.39. The highest BCUT2D eigenvalue weighted by Crippen LogP contribution is 2.42. The molecule has 0 aromatic rings. The fourth-order valence-electron chi connectivity index (χ4n) is 5.16. The van der Waals surface area contributed by atoms with E-state index in [4.69, 9.17) is 28.8 Å². The lowest BCUT2D eigenvalue weighted by Crippen LogP contribution is -2.73. The van der Waals surface area contributed by atoms with Gasteiger partial charge in [0.25, 0.3) is 0 Å². The Morgan fingerprint density at radius 2 is 0.703 bits per heavy atom. The van der Waals surface area contributed by atoms with E-state index in [1.54, 1.807) is 0 Å². The molecule has 2 unspecified atom stereocenters. The number of hydrogen-bond donors (Lipinski definition) is 0. The molecule has 0 N–H and O–H groups in total. The largest absolute Gasteiger partial charge is 0.475 e.